The van der Waals surface area contributed by atoms with Crippen LogP contribution in [0.1, 0.15) is 16.7 Å². The van der Waals surface area contributed by atoms with Gasteiger partial charge in [0.1, 0.15) is 12.4 Å². The van der Waals surface area contributed by atoms with Gasteiger partial charge in [0.05, 0.1) is 0 Å². The maximum Gasteiger partial charge on any atom is 0.164 e. The first kappa shape index (κ1) is 34.1. The normalized spacial score (nSPS) is 11.9. The van der Waals surface area contributed by atoms with Gasteiger partial charge >= 0.3 is 0 Å². The molecule has 1 aliphatic rings. The summed E-state index contributed by atoms with van der Waals surface area (Å²) in [6.45, 7) is 0.475. The first-order chi connectivity index (χ1) is 28.2. The zero-order valence-corrected chi connectivity index (χ0v) is 31.2. The van der Waals surface area contributed by atoms with Crippen molar-refractivity contribution in [2.45, 2.75) is 13.0 Å². The van der Waals surface area contributed by atoms with E-state index < -0.39 is 0 Å². The van der Waals surface area contributed by atoms with E-state index in [1.165, 1.54) is 33.4 Å². The lowest BCUT2D eigenvalue weighted by molar-refractivity contribution is 0.308. The molecular formula is C53H37N3O. The molecule has 0 saturated carbocycles. The zero-order valence-electron chi connectivity index (χ0n) is 31.2. The number of rotatable bonds is 5. The van der Waals surface area contributed by atoms with E-state index in [2.05, 4.69) is 164 Å². The Kier molecular flexibility index (Phi) is 8.98. The Labute approximate surface area is 332 Å². The van der Waals surface area contributed by atoms with E-state index in [0.29, 0.717) is 24.1 Å². The molecule has 0 spiro atoms. The summed E-state index contributed by atoms with van der Waals surface area (Å²) in [7, 11) is 0. The minimum atomic E-state index is 0.475. The van der Waals surface area contributed by atoms with Crippen LogP contribution in [0.25, 0.3) is 78.7 Å². The molecule has 4 nitrogen and oxygen atoms in total. The molecule has 0 radical (unpaired) electrons. The van der Waals surface area contributed by atoms with Gasteiger partial charge in [-0.1, -0.05) is 182 Å². The molecule has 9 aromatic rings. The highest BCUT2D eigenvalue weighted by molar-refractivity contribution is 5.82. The van der Waals surface area contributed by atoms with Crippen molar-refractivity contribution >= 4 is 0 Å². The van der Waals surface area contributed by atoms with Gasteiger partial charge in [-0.15, -0.1) is 0 Å². The quantitative estimate of drug-likeness (QED) is 0.177. The van der Waals surface area contributed by atoms with E-state index in [9.17, 15) is 0 Å². The van der Waals surface area contributed by atoms with Crippen LogP contribution < -0.4 is 4.74 Å². The smallest absolute Gasteiger partial charge is 0.164 e. The Bertz CT molecular complexity index is 2870. The van der Waals surface area contributed by atoms with Crippen molar-refractivity contribution in [3.8, 4) is 84.4 Å². The minimum absolute atomic E-state index is 0.475. The lowest BCUT2D eigenvalue weighted by Crippen LogP contribution is -2.00. The Balaban J connectivity index is 1.03. The molecule has 57 heavy (non-hydrogen) atoms. The van der Waals surface area contributed by atoms with Crippen LogP contribution in [0.15, 0.2) is 200 Å². The van der Waals surface area contributed by atoms with Crippen LogP contribution in [0.2, 0.25) is 0 Å². The van der Waals surface area contributed by atoms with E-state index in [0.717, 1.165) is 56.7 Å². The molecular weight excluding hydrogens is 695 g/mol. The summed E-state index contributed by atoms with van der Waals surface area (Å²) in [5.74, 6) is 2.76. The monoisotopic (exact) mass is 731 g/mol. The Morgan fingerprint density at radius 3 is 1.39 bits per heavy atom. The molecule has 0 amide bonds. The second-order valence-electron chi connectivity index (χ2n) is 14.3. The van der Waals surface area contributed by atoms with Crippen molar-refractivity contribution < 1.29 is 4.74 Å². The van der Waals surface area contributed by atoms with Crippen molar-refractivity contribution in [2.24, 2.45) is 0 Å². The summed E-state index contributed by atoms with van der Waals surface area (Å²) in [4.78, 5) is 15.0. The number of fused-ring (bicyclic) bond motifs is 6. The lowest BCUT2D eigenvalue weighted by atomic mass is 9.89. The molecule has 0 saturated heterocycles. The molecule has 1 aliphatic heterocycles. The molecule has 10 rings (SSSR count). The molecule has 0 aliphatic carbocycles. The van der Waals surface area contributed by atoms with E-state index in [1.54, 1.807) is 0 Å². The Hall–Kier alpha value is -7.43. The highest BCUT2D eigenvalue weighted by atomic mass is 16.5. The van der Waals surface area contributed by atoms with E-state index in [1.807, 2.05) is 36.4 Å². The molecule has 0 bridgehead atoms. The van der Waals surface area contributed by atoms with Crippen molar-refractivity contribution in [1.82, 2.24) is 15.0 Å². The number of hydrogen-bond acceptors (Lipinski definition) is 4. The average Bonchev–Trinajstić information content (AvgIpc) is 3.31. The summed E-state index contributed by atoms with van der Waals surface area (Å²) in [6.07, 6.45) is 0.814. The molecule has 1 aromatic heterocycles. The standard InChI is InChI=1S/C53H37N3O/c1-3-14-36(15-4-1)40-21-13-22-44(32-40)53-55-51(38-16-5-2-6-17-38)54-52(56-53)39-28-26-37(27-29-39)41-30-31-50-49(34-41)47-24-11-8-19-43(47)33-42-18-7-10-23-46(42)48-25-12-9-20-45(48)35-57-50/h1-32,34H,33,35H2. The second kappa shape index (κ2) is 15.0. The molecule has 2 heterocycles. The van der Waals surface area contributed by atoms with Crippen molar-refractivity contribution in [1.29, 1.82) is 0 Å². The van der Waals surface area contributed by atoms with Gasteiger partial charge in [-0.25, -0.2) is 15.0 Å². The Morgan fingerprint density at radius 2 is 0.719 bits per heavy atom. The number of ether oxygens (including phenoxy) is 1. The molecule has 0 fully saturated rings. The van der Waals surface area contributed by atoms with Crippen LogP contribution in [-0.4, -0.2) is 15.0 Å². The fourth-order valence-corrected chi connectivity index (χ4v) is 7.82. The van der Waals surface area contributed by atoms with Crippen LogP contribution in [0.5, 0.6) is 5.75 Å². The lowest BCUT2D eigenvalue weighted by Gasteiger charge is -2.16. The number of aromatic nitrogens is 3. The topological polar surface area (TPSA) is 47.9 Å². The van der Waals surface area contributed by atoms with Gasteiger partial charge < -0.3 is 4.74 Å². The largest absolute Gasteiger partial charge is 0.488 e. The van der Waals surface area contributed by atoms with Gasteiger partial charge in [0.2, 0.25) is 0 Å². The van der Waals surface area contributed by atoms with Gasteiger partial charge in [0.15, 0.2) is 17.5 Å². The summed E-state index contributed by atoms with van der Waals surface area (Å²) in [5.41, 5.74) is 15.7. The van der Waals surface area contributed by atoms with Gasteiger partial charge in [0, 0.05) is 22.3 Å². The first-order valence-electron chi connectivity index (χ1n) is 19.3. The average molecular weight is 732 g/mol. The maximum atomic E-state index is 6.69. The number of nitrogens with zero attached hydrogens (tertiary/aromatic N) is 3. The molecule has 0 N–H and O–H groups in total. The van der Waals surface area contributed by atoms with Gasteiger partial charge in [-0.3, -0.25) is 0 Å². The van der Waals surface area contributed by atoms with Crippen LogP contribution in [0, 0.1) is 0 Å². The van der Waals surface area contributed by atoms with Crippen LogP contribution >= 0.6 is 0 Å². The molecule has 0 atom stereocenters. The predicted octanol–water partition coefficient (Wildman–Crippen LogP) is 13.0. The highest BCUT2D eigenvalue weighted by Gasteiger charge is 2.19. The van der Waals surface area contributed by atoms with Crippen molar-refractivity contribution in [3.05, 3.63) is 217 Å². The second-order valence-corrected chi connectivity index (χ2v) is 14.3. The number of benzene rings is 8. The van der Waals surface area contributed by atoms with Gasteiger partial charge in [0.25, 0.3) is 0 Å². The third-order valence-corrected chi connectivity index (χ3v) is 10.7. The fraction of sp³-hybridized carbons (Fsp3) is 0.0377. The SMILES string of the molecule is c1ccc(-c2cccc(-c3nc(-c4ccccc4)nc(-c4ccc(-c5ccc6c(c5)-c5ccccc5Cc5ccccc5-c5ccccc5CO6)cc4)n3)c2)cc1. The first-order valence-corrected chi connectivity index (χ1v) is 19.3. The van der Waals surface area contributed by atoms with Crippen molar-refractivity contribution in [3.63, 3.8) is 0 Å². The molecule has 4 heteroatoms. The fourth-order valence-electron chi connectivity index (χ4n) is 7.82. The van der Waals surface area contributed by atoms with Gasteiger partial charge in [-0.05, 0) is 80.3 Å². The summed E-state index contributed by atoms with van der Waals surface area (Å²) >= 11 is 0. The molecule has 0 unspecified atom stereocenters. The van der Waals surface area contributed by atoms with Crippen LogP contribution in [0.3, 0.4) is 0 Å². The third-order valence-electron chi connectivity index (χ3n) is 10.7. The molecule has 270 valence electrons. The summed E-state index contributed by atoms with van der Waals surface area (Å²) < 4.78 is 6.69. The van der Waals surface area contributed by atoms with Crippen molar-refractivity contribution in [2.75, 3.05) is 0 Å². The zero-order chi connectivity index (χ0) is 38.0. The van der Waals surface area contributed by atoms with E-state index in [-0.39, 0.29) is 0 Å². The number of hydrogen-bond donors (Lipinski definition) is 0. The van der Waals surface area contributed by atoms with Crippen LogP contribution in [0.4, 0.5) is 0 Å². The van der Waals surface area contributed by atoms with E-state index in [4.69, 9.17) is 19.7 Å². The third kappa shape index (κ3) is 6.90. The van der Waals surface area contributed by atoms with Crippen LogP contribution in [-0.2, 0) is 13.0 Å². The Morgan fingerprint density at radius 1 is 0.298 bits per heavy atom. The predicted molar refractivity (Wildman–Crippen MR) is 231 cm³/mol. The maximum absolute atomic E-state index is 6.69. The molecule has 8 aromatic carbocycles. The van der Waals surface area contributed by atoms with E-state index >= 15 is 0 Å². The minimum Gasteiger partial charge on any atom is -0.488 e. The summed E-state index contributed by atoms with van der Waals surface area (Å²) in [6, 6.07) is 70.0. The summed E-state index contributed by atoms with van der Waals surface area (Å²) in [5, 5.41) is 0. The van der Waals surface area contributed by atoms with Gasteiger partial charge in [-0.2, -0.15) is 0 Å². The highest BCUT2D eigenvalue weighted by Crippen LogP contribution is 2.40.